The Labute approximate surface area is 118 Å². The maximum Gasteiger partial charge on any atom is 0.254 e. The van der Waals surface area contributed by atoms with Gasteiger partial charge in [-0.3, -0.25) is 4.57 Å². The van der Waals surface area contributed by atoms with E-state index in [2.05, 4.69) is 4.67 Å². The predicted molar refractivity (Wildman–Crippen MR) is 79.1 cm³/mol. The second-order valence-corrected chi connectivity index (χ2v) is 7.94. The van der Waals surface area contributed by atoms with Gasteiger partial charge < -0.3 is 15.6 Å². The first-order valence-corrected chi connectivity index (χ1v) is 8.34. The summed E-state index contributed by atoms with van der Waals surface area (Å²) < 4.78 is 17.2. The van der Waals surface area contributed by atoms with E-state index in [4.69, 9.17) is 11.6 Å². The van der Waals surface area contributed by atoms with Crippen LogP contribution in [-0.4, -0.2) is 40.4 Å². The monoisotopic (exact) mass is 306 g/mol. The van der Waals surface area contributed by atoms with Gasteiger partial charge >= 0.3 is 0 Å². The maximum atomic E-state index is 13.0. The number of alkyl halides is 1. The quantitative estimate of drug-likeness (QED) is 0.615. The van der Waals surface area contributed by atoms with Crippen LogP contribution >= 0.6 is 19.0 Å². The van der Waals surface area contributed by atoms with Crippen LogP contribution in [0, 0.1) is 0 Å². The van der Waals surface area contributed by atoms with Crippen LogP contribution in [0.4, 0.5) is 5.69 Å². The lowest BCUT2D eigenvalue weighted by Gasteiger charge is -2.29. The van der Waals surface area contributed by atoms with Gasteiger partial charge in [0.1, 0.15) is 5.62 Å². The molecular formula is C12H20ClN2O3P. The van der Waals surface area contributed by atoms with Crippen LogP contribution < -0.4 is 4.67 Å². The lowest BCUT2D eigenvalue weighted by molar-refractivity contribution is 0.433. The molecule has 2 saturated heterocycles. The van der Waals surface area contributed by atoms with Crippen molar-refractivity contribution in [2.24, 2.45) is 0 Å². The maximum absolute atomic E-state index is 13.0. The van der Waals surface area contributed by atoms with Crippen molar-refractivity contribution in [3.8, 4) is 0 Å². The van der Waals surface area contributed by atoms with E-state index in [-0.39, 0.29) is 16.6 Å². The summed E-state index contributed by atoms with van der Waals surface area (Å²) in [7, 11) is -2.55. The molecule has 108 valence electrons. The number of benzene rings is 1. The molecule has 0 spiro atoms. The molecule has 19 heavy (non-hydrogen) atoms. The molecule has 0 unspecified atom stereocenters. The zero-order valence-electron chi connectivity index (χ0n) is 10.6. The van der Waals surface area contributed by atoms with Crippen LogP contribution in [0.1, 0.15) is 12.8 Å². The molecule has 0 amide bonds. The third-order valence-corrected chi connectivity index (χ3v) is 7.44. The van der Waals surface area contributed by atoms with E-state index in [1.54, 1.807) is 0 Å². The van der Waals surface area contributed by atoms with Crippen molar-refractivity contribution < 1.29 is 15.5 Å². The molecule has 1 aromatic carbocycles. The van der Waals surface area contributed by atoms with Gasteiger partial charge in [0, 0.05) is 24.8 Å². The van der Waals surface area contributed by atoms with Gasteiger partial charge in [0.2, 0.25) is 0 Å². The molecule has 2 atom stereocenters. The molecule has 3 rings (SSSR count). The molecule has 4 N–H and O–H groups in total. The summed E-state index contributed by atoms with van der Waals surface area (Å²) in [5.41, 5.74) is 1.25. The number of halogens is 1. The highest BCUT2D eigenvalue weighted by Gasteiger charge is 2.49. The number of rotatable bonds is 2. The smallest absolute Gasteiger partial charge is 0.254 e. The minimum absolute atomic E-state index is 0. The Bertz CT molecular complexity index is 460. The van der Waals surface area contributed by atoms with Crippen molar-refractivity contribution >= 4 is 24.7 Å². The Morgan fingerprint density at radius 1 is 1.26 bits per heavy atom. The van der Waals surface area contributed by atoms with E-state index in [0.717, 1.165) is 31.6 Å². The fraction of sp³-hybridized carbons (Fsp3) is 0.500. The Kier molecular flexibility index (Phi) is 5.42. The molecule has 0 aromatic heterocycles. The second kappa shape index (κ2) is 6.25. The Morgan fingerprint density at radius 2 is 1.95 bits per heavy atom. The molecule has 5 nitrogen and oxygen atoms in total. The fourth-order valence-electron chi connectivity index (χ4n) is 2.90. The number of anilines is 1. The van der Waals surface area contributed by atoms with Gasteiger partial charge in [-0.1, -0.05) is 18.2 Å². The van der Waals surface area contributed by atoms with Crippen molar-refractivity contribution in [3.05, 3.63) is 30.3 Å². The summed E-state index contributed by atoms with van der Waals surface area (Å²) in [5.74, 6) is 0. The molecule has 2 fully saturated rings. The lowest BCUT2D eigenvalue weighted by Crippen LogP contribution is -2.20. The molecular weight excluding hydrogens is 287 g/mol. The molecule has 0 bridgehead atoms. The highest BCUT2D eigenvalue weighted by molar-refractivity contribution is 7.65. The number of fused-ring (bicyclic) bond motifs is 1. The van der Waals surface area contributed by atoms with Gasteiger partial charge in [-0.05, 0) is 25.0 Å². The van der Waals surface area contributed by atoms with Crippen LogP contribution in [0.5, 0.6) is 0 Å². The molecule has 0 aliphatic carbocycles. The highest BCUT2D eigenvalue weighted by atomic mass is 35.5. The predicted octanol–water partition coefficient (Wildman–Crippen LogP) is 1.71. The third kappa shape index (κ3) is 2.54. The van der Waals surface area contributed by atoms with Gasteiger partial charge in [-0.2, -0.15) is 0 Å². The molecule has 2 heterocycles. The van der Waals surface area contributed by atoms with Crippen LogP contribution in [0.2, 0.25) is 0 Å². The van der Waals surface area contributed by atoms with E-state index in [1.165, 1.54) is 0 Å². The first-order valence-electron chi connectivity index (χ1n) is 6.01. The highest BCUT2D eigenvalue weighted by Crippen LogP contribution is 2.63. The van der Waals surface area contributed by atoms with Crippen molar-refractivity contribution in [1.29, 1.82) is 0 Å². The largest absolute Gasteiger partial charge is 0.412 e. The molecule has 2 aliphatic heterocycles. The van der Waals surface area contributed by atoms with Gasteiger partial charge in [0.15, 0.2) is 0 Å². The van der Waals surface area contributed by atoms with Crippen LogP contribution in [0.25, 0.3) is 0 Å². The Morgan fingerprint density at radius 3 is 2.58 bits per heavy atom. The second-order valence-electron chi connectivity index (χ2n) is 4.66. The summed E-state index contributed by atoms with van der Waals surface area (Å²) in [6.45, 7) is 1.78. The Hall–Kier alpha value is -0.580. The van der Waals surface area contributed by atoms with Crippen LogP contribution in [0.3, 0.4) is 0 Å². The summed E-state index contributed by atoms with van der Waals surface area (Å²) in [5, 5.41) is 0. The zero-order valence-corrected chi connectivity index (χ0v) is 12.3. The van der Waals surface area contributed by atoms with Crippen LogP contribution in [-0.2, 0) is 4.57 Å². The first kappa shape index (κ1) is 16.5. The average molecular weight is 307 g/mol. The Balaban J connectivity index is 0.000000902. The minimum atomic E-state index is -2.55. The van der Waals surface area contributed by atoms with Gasteiger partial charge in [0.25, 0.3) is 7.44 Å². The lowest BCUT2D eigenvalue weighted by atomic mass is 10.2. The summed E-state index contributed by atoms with van der Waals surface area (Å²) >= 11 is 6.01. The third-order valence-electron chi connectivity index (χ3n) is 3.72. The molecule has 2 aliphatic rings. The van der Waals surface area contributed by atoms with E-state index in [1.807, 2.05) is 35.0 Å². The van der Waals surface area contributed by atoms with Crippen LogP contribution in [0.15, 0.2) is 30.3 Å². The fourth-order valence-corrected chi connectivity index (χ4v) is 6.34. The number of hydrogen-bond donors (Lipinski definition) is 0. The topological polar surface area (TPSA) is 86.5 Å². The zero-order chi connectivity index (χ0) is 11.9. The molecule has 7 heteroatoms. The number of hydrogen-bond acceptors (Lipinski definition) is 1. The van der Waals surface area contributed by atoms with Gasteiger partial charge in [0.05, 0.1) is 0 Å². The number of para-hydroxylation sites is 1. The van der Waals surface area contributed by atoms with E-state index < -0.39 is 7.44 Å². The van der Waals surface area contributed by atoms with E-state index in [0.29, 0.717) is 6.04 Å². The first-order chi connectivity index (χ1) is 8.25. The van der Waals surface area contributed by atoms with Crippen molar-refractivity contribution in [3.63, 3.8) is 0 Å². The summed E-state index contributed by atoms with van der Waals surface area (Å²) in [6.07, 6.45) is 2.29. The average Bonchev–Trinajstić information content (AvgIpc) is 2.93. The standard InChI is InChI=1S/C12H16ClN2OP.2H2O/c13-10-17(16)14-8-4-7-12(14)9-15(17)11-5-2-1-3-6-11;;/h1-3,5-6,12H,4,7-10H2;2*1H2/t12-,17+;;/m0../s1. The number of nitrogens with zero attached hydrogens (tertiary/aromatic N) is 2. The van der Waals surface area contributed by atoms with Gasteiger partial charge in [-0.25, -0.2) is 4.67 Å². The SMILES string of the molecule is O.O.O=[P@@]1(CCl)N(c2ccccc2)C[C@@H]2CCCN21. The molecule has 0 saturated carbocycles. The normalized spacial score (nSPS) is 29.5. The van der Waals surface area contributed by atoms with Crippen molar-refractivity contribution in [1.82, 2.24) is 4.67 Å². The van der Waals surface area contributed by atoms with Crippen molar-refractivity contribution in [2.45, 2.75) is 18.9 Å². The summed E-state index contributed by atoms with van der Waals surface area (Å²) in [4.78, 5) is 0. The van der Waals surface area contributed by atoms with E-state index >= 15 is 0 Å². The van der Waals surface area contributed by atoms with Crippen molar-refractivity contribution in [2.75, 3.05) is 23.4 Å². The minimum Gasteiger partial charge on any atom is -0.412 e. The van der Waals surface area contributed by atoms with Gasteiger partial charge in [-0.15, -0.1) is 11.6 Å². The van der Waals surface area contributed by atoms with E-state index in [9.17, 15) is 4.57 Å². The molecule has 0 radical (unpaired) electrons. The summed E-state index contributed by atoms with van der Waals surface area (Å²) in [6, 6.07) is 10.4. The molecule has 1 aromatic rings.